The number of hydrogen-bond donors (Lipinski definition) is 0. The summed E-state index contributed by atoms with van der Waals surface area (Å²) in [6.07, 6.45) is 1.58. The molecule has 4 rings (SSSR count). The molecule has 0 atom stereocenters. The zero-order chi connectivity index (χ0) is 22.9. The van der Waals surface area contributed by atoms with Gasteiger partial charge in [0, 0.05) is 26.2 Å². The van der Waals surface area contributed by atoms with E-state index in [1.165, 1.54) is 8.99 Å². The van der Waals surface area contributed by atoms with Crippen LogP contribution < -0.4 is 10.5 Å². The van der Waals surface area contributed by atoms with Crippen molar-refractivity contribution in [2.24, 2.45) is 0 Å². The zero-order valence-electron chi connectivity index (χ0n) is 18.0. The van der Waals surface area contributed by atoms with Crippen LogP contribution in [0.4, 0.5) is 5.69 Å². The molecule has 0 spiro atoms. The van der Waals surface area contributed by atoms with Crippen LogP contribution in [0.5, 0.6) is 0 Å². The molecule has 2 heterocycles. The second-order valence-corrected chi connectivity index (χ2v) is 10.2. The largest absolute Gasteiger partial charge is 0.366 e. The fourth-order valence-electron chi connectivity index (χ4n) is 3.74. The molecule has 9 heteroatoms. The highest BCUT2D eigenvalue weighted by atomic mass is 35.5. The van der Waals surface area contributed by atoms with Crippen molar-refractivity contribution in [1.29, 1.82) is 0 Å². The number of nitrogens with zero attached hydrogens (tertiary/aromatic N) is 4. The van der Waals surface area contributed by atoms with Crippen LogP contribution >= 0.6 is 11.6 Å². The van der Waals surface area contributed by atoms with Gasteiger partial charge in [0.2, 0.25) is 10.0 Å². The minimum absolute atomic E-state index is 0.0985. The van der Waals surface area contributed by atoms with Crippen LogP contribution in [-0.4, -0.2) is 48.7 Å². The monoisotopic (exact) mass is 472 g/mol. The van der Waals surface area contributed by atoms with Crippen molar-refractivity contribution in [3.8, 4) is 0 Å². The summed E-state index contributed by atoms with van der Waals surface area (Å²) in [5.74, 6) is 0. The molecule has 0 unspecified atom stereocenters. The third-order valence-electron chi connectivity index (χ3n) is 5.84. The maximum Gasteiger partial charge on any atom is 0.287 e. The summed E-state index contributed by atoms with van der Waals surface area (Å²) < 4.78 is 28.9. The first kappa shape index (κ1) is 22.5. The zero-order valence-corrected chi connectivity index (χ0v) is 19.6. The first-order valence-electron chi connectivity index (χ1n) is 10.4. The first-order chi connectivity index (χ1) is 15.3. The number of aromatic nitrogens is 2. The number of halogens is 1. The molecule has 0 amide bonds. The van der Waals surface area contributed by atoms with Gasteiger partial charge in [0.05, 0.1) is 23.3 Å². The molecule has 1 fully saturated rings. The van der Waals surface area contributed by atoms with Crippen molar-refractivity contribution >= 4 is 27.3 Å². The Morgan fingerprint density at radius 2 is 1.66 bits per heavy atom. The van der Waals surface area contributed by atoms with Gasteiger partial charge >= 0.3 is 0 Å². The molecule has 0 saturated carbocycles. The van der Waals surface area contributed by atoms with Crippen LogP contribution in [0.2, 0.25) is 5.02 Å². The standard InChI is InChI=1S/C23H25ClN4O3S/c1-17-8-9-20(14-18(17)2)32(30,31)27-12-10-26(11-13-27)21-15-25-28(23(29)22(21)24)16-19-6-4-3-5-7-19/h3-9,14-15H,10-13,16H2,1-2H3. The summed E-state index contributed by atoms with van der Waals surface area (Å²) in [7, 11) is -3.57. The summed E-state index contributed by atoms with van der Waals surface area (Å²) in [6.45, 7) is 5.65. The molecule has 168 valence electrons. The van der Waals surface area contributed by atoms with Crippen molar-refractivity contribution in [2.45, 2.75) is 25.3 Å². The van der Waals surface area contributed by atoms with Crippen LogP contribution in [0.15, 0.2) is 64.4 Å². The minimum Gasteiger partial charge on any atom is -0.366 e. The number of aryl methyl sites for hydroxylation is 2. The highest BCUT2D eigenvalue weighted by molar-refractivity contribution is 7.89. The maximum atomic E-state index is 13.0. The van der Waals surface area contributed by atoms with Gasteiger partial charge in [0.15, 0.2) is 0 Å². The molecule has 0 radical (unpaired) electrons. The summed E-state index contributed by atoms with van der Waals surface area (Å²) >= 11 is 6.41. The Morgan fingerprint density at radius 3 is 2.31 bits per heavy atom. The van der Waals surface area contributed by atoms with Crippen molar-refractivity contribution in [3.05, 3.63) is 86.8 Å². The SMILES string of the molecule is Cc1ccc(S(=O)(=O)N2CCN(c3cnn(Cc4ccccc4)c(=O)c3Cl)CC2)cc1C. The molecule has 1 aromatic heterocycles. The third-order valence-corrected chi connectivity index (χ3v) is 8.09. The molecule has 2 aromatic carbocycles. The number of anilines is 1. The fourth-order valence-corrected chi connectivity index (χ4v) is 5.51. The van der Waals surface area contributed by atoms with E-state index in [9.17, 15) is 13.2 Å². The molecule has 1 aliphatic rings. The van der Waals surface area contributed by atoms with Gasteiger partial charge in [-0.25, -0.2) is 13.1 Å². The summed E-state index contributed by atoms with van der Waals surface area (Å²) in [5.41, 5.74) is 3.12. The molecule has 32 heavy (non-hydrogen) atoms. The third kappa shape index (κ3) is 4.44. The lowest BCUT2D eigenvalue weighted by Gasteiger charge is -2.35. The molecule has 0 bridgehead atoms. The molecule has 7 nitrogen and oxygen atoms in total. The Hall–Kier alpha value is -2.68. The van der Waals surface area contributed by atoms with E-state index in [4.69, 9.17) is 11.6 Å². The van der Waals surface area contributed by atoms with Gasteiger partial charge < -0.3 is 4.90 Å². The van der Waals surface area contributed by atoms with Crippen molar-refractivity contribution in [3.63, 3.8) is 0 Å². The molecular formula is C23H25ClN4O3S. The Bertz CT molecular complexity index is 1280. The fraction of sp³-hybridized carbons (Fsp3) is 0.304. The topological polar surface area (TPSA) is 75.5 Å². The Labute approximate surface area is 192 Å². The number of benzene rings is 2. The molecule has 1 saturated heterocycles. The van der Waals surface area contributed by atoms with Crippen molar-refractivity contribution < 1.29 is 8.42 Å². The first-order valence-corrected chi connectivity index (χ1v) is 12.2. The van der Waals surface area contributed by atoms with Gasteiger partial charge in [-0.15, -0.1) is 0 Å². The minimum atomic E-state index is -3.57. The smallest absolute Gasteiger partial charge is 0.287 e. The van der Waals surface area contributed by atoms with Gasteiger partial charge in [-0.05, 0) is 42.7 Å². The van der Waals surface area contributed by atoms with E-state index in [-0.39, 0.29) is 10.6 Å². The number of hydrogen-bond acceptors (Lipinski definition) is 5. The lowest BCUT2D eigenvalue weighted by Crippen LogP contribution is -2.49. The molecule has 0 aliphatic carbocycles. The van der Waals surface area contributed by atoms with E-state index in [1.54, 1.807) is 18.3 Å². The highest BCUT2D eigenvalue weighted by Crippen LogP contribution is 2.25. The van der Waals surface area contributed by atoms with E-state index in [1.807, 2.05) is 55.1 Å². The summed E-state index contributed by atoms with van der Waals surface area (Å²) in [6, 6.07) is 14.8. The van der Waals surface area contributed by atoms with Gasteiger partial charge in [0.1, 0.15) is 5.02 Å². The van der Waals surface area contributed by atoms with Crippen LogP contribution in [-0.2, 0) is 16.6 Å². The second-order valence-electron chi connectivity index (χ2n) is 7.93. The molecular weight excluding hydrogens is 448 g/mol. The Morgan fingerprint density at radius 1 is 0.969 bits per heavy atom. The predicted octanol–water partition coefficient (Wildman–Crippen LogP) is 3.07. The van der Waals surface area contributed by atoms with Crippen LogP contribution in [0.3, 0.4) is 0 Å². The molecule has 1 aliphatic heterocycles. The number of piperazine rings is 1. The quantitative estimate of drug-likeness (QED) is 0.570. The van der Waals surface area contributed by atoms with Crippen LogP contribution in [0, 0.1) is 13.8 Å². The van der Waals surface area contributed by atoms with Gasteiger partial charge in [-0.3, -0.25) is 4.79 Å². The van der Waals surface area contributed by atoms with E-state index >= 15 is 0 Å². The lowest BCUT2D eigenvalue weighted by molar-refractivity contribution is 0.384. The lowest BCUT2D eigenvalue weighted by atomic mass is 10.1. The molecule has 3 aromatic rings. The normalized spacial score (nSPS) is 15.2. The molecule has 0 N–H and O–H groups in total. The number of rotatable bonds is 5. The highest BCUT2D eigenvalue weighted by Gasteiger charge is 2.30. The summed E-state index contributed by atoms with van der Waals surface area (Å²) in [4.78, 5) is 15.0. The Kier molecular flexibility index (Phi) is 6.37. The van der Waals surface area contributed by atoms with Crippen LogP contribution in [0.1, 0.15) is 16.7 Å². The van der Waals surface area contributed by atoms with Gasteiger partial charge in [-0.1, -0.05) is 48.0 Å². The second kappa shape index (κ2) is 9.05. The number of sulfonamides is 1. The van der Waals surface area contributed by atoms with Crippen molar-refractivity contribution in [2.75, 3.05) is 31.1 Å². The Balaban J connectivity index is 1.49. The van der Waals surface area contributed by atoms with Crippen LogP contribution in [0.25, 0.3) is 0 Å². The van der Waals surface area contributed by atoms with Crippen molar-refractivity contribution in [1.82, 2.24) is 14.1 Å². The predicted molar refractivity (Wildman–Crippen MR) is 126 cm³/mol. The summed E-state index contributed by atoms with van der Waals surface area (Å²) in [5, 5.41) is 4.39. The van der Waals surface area contributed by atoms with Gasteiger partial charge in [0.25, 0.3) is 5.56 Å². The van der Waals surface area contributed by atoms with E-state index in [0.717, 1.165) is 16.7 Å². The average molecular weight is 473 g/mol. The van der Waals surface area contributed by atoms with E-state index in [2.05, 4.69) is 5.10 Å². The maximum absolute atomic E-state index is 13.0. The van der Waals surface area contributed by atoms with E-state index in [0.29, 0.717) is 43.3 Å². The average Bonchev–Trinajstić information content (AvgIpc) is 2.79. The van der Waals surface area contributed by atoms with E-state index < -0.39 is 10.0 Å². The van der Waals surface area contributed by atoms with Gasteiger partial charge in [-0.2, -0.15) is 9.40 Å².